The van der Waals surface area contributed by atoms with E-state index in [1.165, 1.54) is 0 Å². The second-order valence-electron chi connectivity index (χ2n) is 5.75. The fourth-order valence-electron chi connectivity index (χ4n) is 2.28. The fourth-order valence-corrected chi connectivity index (χ4v) is 2.46. The minimum Gasteiger partial charge on any atom is -0.471 e. The van der Waals surface area contributed by atoms with Crippen LogP contribution in [0.2, 0.25) is 5.02 Å². The van der Waals surface area contributed by atoms with Crippen LogP contribution in [0.1, 0.15) is 21.5 Å². The van der Waals surface area contributed by atoms with E-state index in [1.807, 2.05) is 44.2 Å². The molecule has 0 unspecified atom stereocenters. The molecule has 0 aliphatic carbocycles. The number of carbonyl (C=O) groups excluding carboxylic acids is 1. The number of hydrogen-bond acceptors (Lipinski definition) is 3. The SMILES string of the molecule is Cc1ccc(C(=O)Nc2cnn(COc3cccc(Cl)c3)c2)cc1C. The molecule has 6 heteroatoms. The molecule has 5 nitrogen and oxygen atoms in total. The molecule has 1 N–H and O–H groups in total. The molecule has 0 radical (unpaired) electrons. The van der Waals surface area contributed by atoms with Crippen molar-refractivity contribution in [2.75, 3.05) is 5.32 Å². The number of anilines is 1. The number of aromatic nitrogens is 2. The van der Waals surface area contributed by atoms with E-state index in [-0.39, 0.29) is 12.6 Å². The number of nitrogens with zero attached hydrogens (tertiary/aromatic N) is 2. The van der Waals surface area contributed by atoms with Gasteiger partial charge >= 0.3 is 0 Å². The van der Waals surface area contributed by atoms with E-state index >= 15 is 0 Å². The van der Waals surface area contributed by atoms with Crippen molar-refractivity contribution in [1.29, 1.82) is 0 Å². The molecule has 0 aliphatic heterocycles. The minimum atomic E-state index is -0.168. The largest absolute Gasteiger partial charge is 0.471 e. The van der Waals surface area contributed by atoms with Crippen molar-refractivity contribution in [3.05, 3.63) is 76.6 Å². The third-order valence-corrected chi connectivity index (χ3v) is 4.05. The molecule has 0 fully saturated rings. The van der Waals surface area contributed by atoms with Crippen molar-refractivity contribution in [1.82, 2.24) is 9.78 Å². The Bertz CT molecular complexity index is 905. The highest BCUT2D eigenvalue weighted by Gasteiger charge is 2.09. The Hall–Kier alpha value is -2.79. The minimum absolute atomic E-state index is 0.168. The normalized spacial score (nSPS) is 10.5. The molecule has 0 saturated heterocycles. The van der Waals surface area contributed by atoms with E-state index in [1.54, 1.807) is 29.2 Å². The highest BCUT2D eigenvalue weighted by atomic mass is 35.5. The number of halogens is 1. The van der Waals surface area contributed by atoms with Gasteiger partial charge in [0, 0.05) is 10.6 Å². The molecule has 3 aromatic rings. The standard InChI is InChI=1S/C19H18ClN3O2/c1-13-6-7-15(8-14(13)2)19(24)22-17-10-21-23(11-17)12-25-18-5-3-4-16(20)9-18/h3-11H,12H2,1-2H3,(H,22,24). The van der Waals surface area contributed by atoms with Gasteiger partial charge in [0.25, 0.3) is 5.91 Å². The van der Waals surface area contributed by atoms with Gasteiger partial charge < -0.3 is 10.1 Å². The number of benzene rings is 2. The zero-order valence-electron chi connectivity index (χ0n) is 14.0. The summed E-state index contributed by atoms with van der Waals surface area (Å²) >= 11 is 5.92. The quantitative estimate of drug-likeness (QED) is 0.736. The van der Waals surface area contributed by atoms with Crippen molar-refractivity contribution in [2.45, 2.75) is 20.6 Å². The number of carbonyl (C=O) groups is 1. The molecular formula is C19H18ClN3O2. The summed E-state index contributed by atoms with van der Waals surface area (Å²) in [7, 11) is 0. The molecule has 3 rings (SSSR count). The highest BCUT2D eigenvalue weighted by molar-refractivity contribution is 6.30. The van der Waals surface area contributed by atoms with Gasteiger partial charge in [-0.05, 0) is 55.3 Å². The van der Waals surface area contributed by atoms with Gasteiger partial charge in [0.1, 0.15) is 5.75 Å². The second kappa shape index (κ2) is 7.40. The Balaban J connectivity index is 1.61. The summed E-state index contributed by atoms with van der Waals surface area (Å²) in [5, 5.41) is 7.62. The number of amides is 1. The predicted molar refractivity (Wildman–Crippen MR) is 98.2 cm³/mol. The summed E-state index contributed by atoms with van der Waals surface area (Å²) in [6.45, 7) is 4.22. The lowest BCUT2D eigenvalue weighted by Crippen LogP contribution is -2.12. The third-order valence-electron chi connectivity index (χ3n) is 3.82. The summed E-state index contributed by atoms with van der Waals surface area (Å²) in [4.78, 5) is 12.3. The molecule has 0 saturated carbocycles. The van der Waals surface area contributed by atoms with Crippen LogP contribution in [-0.2, 0) is 6.73 Å². The molecule has 128 valence electrons. The van der Waals surface area contributed by atoms with Gasteiger partial charge in [-0.1, -0.05) is 23.7 Å². The smallest absolute Gasteiger partial charge is 0.255 e. The molecule has 2 aromatic carbocycles. The summed E-state index contributed by atoms with van der Waals surface area (Å²) < 4.78 is 7.20. The molecule has 0 spiro atoms. The van der Waals surface area contributed by atoms with Crippen LogP contribution >= 0.6 is 11.6 Å². The Morgan fingerprint density at radius 3 is 2.80 bits per heavy atom. The van der Waals surface area contributed by atoms with Gasteiger partial charge in [-0.3, -0.25) is 4.79 Å². The number of nitrogens with one attached hydrogen (secondary N) is 1. The van der Waals surface area contributed by atoms with Crippen molar-refractivity contribution in [3.63, 3.8) is 0 Å². The first-order chi connectivity index (χ1) is 12.0. The van der Waals surface area contributed by atoms with Crippen molar-refractivity contribution in [3.8, 4) is 5.75 Å². The van der Waals surface area contributed by atoms with Crippen molar-refractivity contribution in [2.24, 2.45) is 0 Å². The Morgan fingerprint density at radius 2 is 2.04 bits per heavy atom. The molecule has 1 heterocycles. The van der Waals surface area contributed by atoms with Crippen molar-refractivity contribution >= 4 is 23.2 Å². The topological polar surface area (TPSA) is 56.2 Å². The van der Waals surface area contributed by atoms with Crippen LogP contribution in [0.5, 0.6) is 5.75 Å². The first-order valence-electron chi connectivity index (χ1n) is 7.81. The first kappa shape index (κ1) is 17.0. The van der Waals surface area contributed by atoms with Crippen LogP contribution in [0.25, 0.3) is 0 Å². The molecule has 25 heavy (non-hydrogen) atoms. The zero-order valence-corrected chi connectivity index (χ0v) is 14.7. The van der Waals surface area contributed by atoms with E-state index in [0.717, 1.165) is 11.1 Å². The number of aryl methyl sites for hydroxylation is 2. The van der Waals surface area contributed by atoms with E-state index in [0.29, 0.717) is 22.0 Å². The average molecular weight is 356 g/mol. The summed E-state index contributed by atoms with van der Waals surface area (Å²) in [6, 6.07) is 12.8. The second-order valence-corrected chi connectivity index (χ2v) is 6.19. The van der Waals surface area contributed by atoms with Crippen LogP contribution in [0, 0.1) is 13.8 Å². The van der Waals surface area contributed by atoms with E-state index < -0.39 is 0 Å². The van der Waals surface area contributed by atoms with Crippen LogP contribution < -0.4 is 10.1 Å². The van der Waals surface area contributed by atoms with E-state index in [4.69, 9.17) is 16.3 Å². The Labute approximate surface area is 151 Å². The molecule has 0 bridgehead atoms. The third kappa shape index (κ3) is 4.39. The Morgan fingerprint density at radius 1 is 1.20 bits per heavy atom. The maximum absolute atomic E-state index is 12.3. The predicted octanol–water partition coefficient (Wildman–Crippen LogP) is 4.44. The maximum atomic E-state index is 12.3. The zero-order chi connectivity index (χ0) is 17.8. The van der Waals surface area contributed by atoms with Gasteiger partial charge in [0.15, 0.2) is 6.73 Å². The van der Waals surface area contributed by atoms with Crippen LogP contribution in [0.15, 0.2) is 54.9 Å². The lowest BCUT2D eigenvalue weighted by Gasteiger charge is -2.06. The van der Waals surface area contributed by atoms with Gasteiger partial charge in [-0.2, -0.15) is 5.10 Å². The molecule has 0 atom stereocenters. The number of ether oxygens (including phenoxy) is 1. The highest BCUT2D eigenvalue weighted by Crippen LogP contribution is 2.18. The summed E-state index contributed by atoms with van der Waals surface area (Å²) in [5.74, 6) is 0.488. The lowest BCUT2D eigenvalue weighted by atomic mass is 10.1. The van der Waals surface area contributed by atoms with E-state index in [9.17, 15) is 4.79 Å². The molecular weight excluding hydrogens is 338 g/mol. The summed E-state index contributed by atoms with van der Waals surface area (Å²) in [5.41, 5.74) is 3.46. The van der Waals surface area contributed by atoms with Gasteiger partial charge in [0.05, 0.1) is 18.1 Å². The Kier molecular flexibility index (Phi) is 5.05. The molecule has 1 aromatic heterocycles. The average Bonchev–Trinajstić information content (AvgIpc) is 3.03. The number of hydrogen-bond donors (Lipinski definition) is 1. The molecule has 0 aliphatic rings. The lowest BCUT2D eigenvalue weighted by molar-refractivity contribution is 0.102. The van der Waals surface area contributed by atoms with Crippen LogP contribution in [0.3, 0.4) is 0 Å². The molecule has 1 amide bonds. The fraction of sp³-hybridized carbons (Fsp3) is 0.158. The van der Waals surface area contributed by atoms with Crippen LogP contribution in [0.4, 0.5) is 5.69 Å². The van der Waals surface area contributed by atoms with Gasteiger partial charge in [-0.25, -0.2) is 4.68 Å². The first-order valence-corrected chi connectivity index (χ1v) is 8.18. The number of rotatable bonds is 5. The van der Waals surface area contributed by atoms with Gasteiger partial charge in [-0.15, -0.1) is 0 Å². The van der Waals surface area contributed by atoms with Crippen molar-refractivity contribution < 1.29 is 9.53 Å². The van der Waals surface area contributed by atoms with Gasteiger partial charge in [0.2, 0.25) is 0 Å². The van der Waals surface area contributed by atoms with Crippen LogP contribution in [-0.4, -0.2) is 15.7 Å². The maximum Gasteiger partial charge on any atom is 0.255 e. The summed E-state index contributed by atoms with van der Waals surface area (Å²) in [6.07, 6.45) is 3.30. The van der Waals surface area contributed by atoms with E-state index in [2.05, 4.69) is 10.4 Å². The monoisotopic (exact) mass is 355 g/mol.